The summed E-state index contributed by atoms with van der Waals surface area (Å²) in [6.45, 7) is 0.827. The second-order valence-corrected chi connectivity index (χ2v) is 11.8. The minimum atomic E-state index is -1.49. The Morgan fingerprint density at radius 1 is 1.02 bits per heavy atom. The molecule has 1 aliphatic heterocycles. The lowest BCUT2D eigenvalue weighted by atomic mass is 9.81. The first kappa shape index (κ1) is 33.0. The Kier molecular flexibility index (Phi) is 11.3. The van der Waals surface area contributed by atoms with E-state index in [1.807, 2.05) is 78.9 Å². The standard InChI is InChI=1S/C34H32BrClN6O4/c35-29-12-5-4-11-28(29)31-34(20-24-8-1-2-9-25(24)21-39-42-37,33(44)41-38-22-26-10-3-6-13-30(26)36)40-32(46-31)23-14-16-27(17-15-23)45-19-7-18-43/h1-6,8-17,31,38,43H,7,18-22H2,(H,41,44)/t31-,34-/m0/s1. The van der Waals surface area contributed by atoms with E-state index in [9.17, 15) is 4.79 Å². The van der Waals surface area contributed by atoms with Crippen LogP contribution in [-0.2, 0) is 29.0 Å². The fourth-order valence-electron chi connectivity index (χ4n) is 5.20. The van der Waals surface area contributed by atoms with Crippen molar-refractivity contribution in [2.45, 2.75) is 37.6 Å². The van der Waals surface area contributed by atoms with Crippen LogP contribution in [0.2, 0.25) is 5.02 Å². The van der Waals surface area contributed by atoms with Crippen LogP contribution >= 0.6 is 27.5 Å². The smallest absolute Gasteiger partial charge is 0.266 e. The predicted octanol–water partition coefficient (Wildman–Crippen LogP) is 6.99. The molecule has 4 aromatic carbocycles. The average molecular weight is 704 g/mol. The van der Waals surface area contributed by atoms with E-state index >= 15 is 0 Å². The van der Waals surface area contributed by atoms with Crippen LogP contribution in [0.1, 0.15) is 40.3 Å². The number of nitrogens with zero attached hydrogens (tertiary/aromatic N) is 4. The number of rotatable bonds is 14. The molecule has 0 saturated carbocycles. The molecule has 0 aliphatic carbocycles. The van der Waals surface area contributed by atoms with Gasteiger partial charge in [-0.15, -0.1) is 0 Å². The van der Waals surface area contributed by atoms with Gasteiger partial charge in [-0.05, 0) is 58.6 Å². The van der Waals surface area contributed by atoms with Gasteiger partial charge >= 0.3 is 0 Å². The Balaban J connectivity index is 1.57. The van der Waals surface area contributed by atoms with Crippen molar-refractivity contribution in [3.05, 3.63) is 145 Å². The van der Waals surface area contributed by atoms with Gasteiger partial charge in [0.2, 0.25) is 5.90 Å². The number of nitrogens with one attached hydrogen (secondary N) is 2. The molecule has 0 aromatic heterocycles. The molecular weight excluding hydrogens is 672 g/mol. The highest BCUT2D eigenvalue weighted by Gasteiger charge is 2.54. The van der Waals surface area contributed by atoms with Crippen LogP contribution in [0, 0.1) is 0 Å². The predicted molar refractivity (Wildman–Crippen MR) is 180 cm³/mol. The number of aliphatic imine (C=N–C) groups is 1. The van der Waals surface area contributed by atoms with E-state index in [-0.39, 0.29) is 32.0 Å². The summed E-state index contributed by atoms with van der Waals surface area (Å²) in [6.07, 6.45) is -0.177. The Morgan fingerprint density at radius 2 is 1.72 bits per heavy atom. The second kappa shape index (κ2) is 15.8. The topological polar surface area (TPSA) is 141 Å². The number of hydrazine groups is 1. The first-order valence-electron chi connectivity index (χ1n) is 14.6. The first-order chi connectivity index (χ1) is 22.4. The van der Waals surface area contributed by atoms with Gasteiger partial charge in [0.1, 0.15) is 5.75 Å². The number of benzene rings is 4. The van der Waals surface area contributed by atoms with Gasteiger partial charge in [0.25, 0.3) is 5.91 Å². The van der Waals surface area contributed by atoms with Crippen molar-refractivity contribution in [3.63, 3.8) is 0 Å². The molecule has 0 fully saturated rings. The summed E-state index contributed by atoms with van der Waals surface area (Å²) in [7, 11) is 0. The summed E-state index contributed by atoms with van der Waals surface area (Å²) >= 11 is 10.0. The van der Waals surface area contributed by atoms with Crippen molar-refractivity contribution in [3.8, 4) is 5.75 Å². The van der Waals surface area contributed by atoms with Crippen molar-refractivity contribution >= 4 is 39.3 Å². The van der Waals surface area contributed by atoms with E-state index in [0.29, 0.717) is 29.4 Å². The van der Waals surface area contributed by atoms with Crippen LogP contribution in [0.4, 0.5) is 0 Å². The van der Waals surface area contributed by atoms with E-state index in [4.69, 9.17) is 36.7 Å². The summed E-state index contributed by atoms with van der Waals surface area (Å²) in [5.41, 5.74) is 17.2. The Morgan fingerprint density at radius 3 is 2.43 bits per heavy atom. The van der Waals surface area contributed by atoms with Gasteiger partial charge in [0, 0.05) is 51.5 Å². The summed E-state index contributed by atoms with van der Waals surface area (Å²) in [5.74, 6) is 0.507. The zero-order chi connectivity index (χ0) is 32.4. The number of ether oxygens (including phenoxy) is 2. The molecule has 10 nitrogen and oxygen atoms in total. The zero-order valence-corrected chi connectivity index (χ0v) is 27.1. The monoisotopic (exact) mass is 702 g/mol. The van der Waals surface area contributed by atoms with Crippen LogP contribution in [0.15, 0.2) is 112 Å². The molecule has 1 amide bonds. The van der Waals surface area contributed by atoms with E-state index in [1.165, 1.54) is 0 Å². The van der Waals surface area contributed by atoms with Gasteiger partial charge in [0.15, 0.2) is 11.6 Å². The van der Waals surface area contributed by atoms with Crippen molar-refractivity contribution in [2.24, 2.45) is 10.1 Å². The summed E-state index contributed by atoms with van der Waals surface area (Å²) in [5, 5.41) is 13.4. The van der Waals surface area contributed by atoms with Crippen molar-refractivity contribution in [2.75, 3.05) is 13.2 Å². The Hall–Kier alpha value is -4.38. The van der Waals surface area contributed by atoms with Crippen molar-refractivity contribution in [1.82, 2.24) is 10.9 Å². The van der Waals surface area contributed by atoms with Crippen LogP contribution < -0.4 is 15.6 Å². The molecule has 0 radical (unpaired) electrons. The van der Waals surface area contributed by atoms with Gasteiger partial charge in [0.05, 0.1) is 13.2 Å². The van der Waals surface area contributed by atoms with E-state index in [2.05, 4.69) is 36.8 Å². The lowest BCUT2D eigenvalue weighted by Gasteiger charge is -2.32. The van der Waals surface area contributed by atoms with E-state index < -0.39 is 17.6 Å². The third-order valence-electron chi connectivity index (χ3n) is 7.54. The van der Waals surface area contributed by atoms with Crippen molar-refractivity contribution < 1.29 is 19.4 Å². The normalized spacial score (nSPS) is 17.0. The number of hydrogen-bond donors (Lipinski definition) is 3. The molecule has 0 saturated heterocycles. The van der Waals surface area contributed by atoms with Crippen LogP contribution in [0.25, 0.3) is 10.4 Å². The molecule has 5 rings (SSSR count). The molecule has 236 valence electrons. The molecule has 0 unspecified atom stereocenters. The average Bonchev–Trinajstić information content (AvgIpc) is 3.46. The highest BCUT2D eigenvalue weighted by atomic mass is 79.9. The SMILES string of the molecule is [N-]=[N+]=NCc1ccccc1C[C@]1(C(=O)NNCc2ccccc2Cl)N=C(c2ccc(OCCCO)cc2)O[C@H]1c1ccccc1Br. The third kappa shape index (κ3) is 7.70. The maximum atomic E-state index is 14.5. The van der Waals surface area contributed by atoms with Gasteiger partial charge < -0.3 is 14.6 Å². The van der Waals surface area contributed by atoms with E-state index in [0.717, 1.165) is 26.7 Å². The second-order valence-electron chi connectivity index (χ2n) is 10.5. The molecule has 3 N–H and O–H groups in total. The first-order valence-corrected chi connectivity index (χ1v) is 15.8. The maximum Gasteiger partial charge on any atom is 0.266 e. The number of azide groups is 1. The fraction of sp³-hybridized carbons (Fsp3) is 0.235. The molecule has 1 heterocycles. The number of carbonyl (C=O) groups is 1. The van der Waals surface area contributed by atoms with Crippen LogP contribution in [0.3, 0.4) is 0 Å². The largest absolute Gasteiger partial charge is 0.494 e. The molecule has 46 heavy (non-hydrogen) atoms. The molecule has 0 spiro atoms. The van der Waals surface area contributed by atoms with Crippen molar-refractivity contribution in [1.29, 1.82) is 0 Å². The van der Waals surface area contributed by atoms with E-state index in [1.54, 1.807) is 18.2 Å². The number of halogens is 2. The van der Waals surface area contributed by atoms with Crippen LogP contribution in [0.5, 0.6) is 5.75 Å². The number of aliphatic hydroxyl groups is 1. The molecule has 12 heteroatoms. The summed E-state index contributed by atoms with van der Waals surface area (Å²) in [4.78, 5) is 22.5. The minimum Gasteiger partial charge on any atom is -0.494 e. The maximum absolute atomic E-state index is 14.5. The third-order valence-corrected chi connectivity index (χ3v) is 8.63. The lowest BCUT2D eigenvalue weighted by molar-refractivity contribution is -0.130. The van der Waals surface area contributed by atoms with Gasteiger partial charge in [-0.25, -0.2) is 10.4 Å². The molecule has 4 aromatic rings. The zero-order valence-electron chi connectivity index (χ0n) is 24.8. The molecule has 0 bridgehead atoms. The summed E-state index contributed by atoms with van der Waals surface area (Å²) < 4.78 is 13.1. The van der Waals surface area contributed by atoms with Gasteiger partial charge in [-0.1, -0.05) is 93.3 Å². The highest BCUT2D eigenvalue weighted by Crippen LogP contribution is 2.45. The quantitative estimate of drug-likeness (QED) is 0.0427. The summed E-state index contributed by atoms with van der Waals surface area (Å²) in [6, 6.07) is 29.7. The molecular formula is C34H32BrClN6O4. The molecule has 2 atom stereocenters. The Labute approximate surface area is 280 Å². The molecule has 1 aliphatic rings. The van der Waals surface area contributed by atoms with Gasteiger partial charge in [-0.2, -0.15) is 0 Å². The Bertz CT molecular complexity index is 1750. The lowest BCUT2D eigenvalue weighted by Crippen LogP contribution is -2.53. The fourth-order valence-corrected chi connectivity index (χ4v) is 5.89. The minimum absolute atomic E-state index is 0.0442. The van der Waals surface area contributed by atoms with Crippen LogP contribution in [-0.4, -0.2) is 35.7 Å². The number of hydrogen-bond acceptors (Lipinski definition) is 7. The highest BCUT2D eigenvalue weighted by molar-refractivity contribution is 9.10. The number of carbonyl (C=O) groups excluding carboxylic acids is 1. The number of aliphatic hydroxyl groups excluding tert-OH is 1. The van der Waals surface area contributed by atoms with Gasteiger partial charge in [-0.3, -0.25) is 10.2 Å². The number of amides is 1.